The molecule has 0 N–H and O–H groups in total. The van der Waals surface area contributed by atoms with E-state index in [1.54, 1.807) is 22.8 Å². The molecule has 1 aliphatic heterocycles. The lowest BCUT2D eigenvalue weighted by atomic mass is 9.98. The molecule has 1 saturated heterocycles. The quantitative estimate of drug-likeness (QED) is 0.283. The Bertz CT molecular complexity index is 1490. The Morgan fingerprint density at radius 1 is 1.26 bits per heavy atom. The monoisotopic (exact) mass is 514 g/mol. The van der Waals surface area contributed by atoms with Gasteiger partial charge in [0.15, 0.2) is 4.80 Å². The molecule has 12 heteroatoms. The van der Waals surface area contributed by atoms with Crippen LogP contribution in [0.2, 0.25) is 0 Å². The van der Waals surface area contributed by atoms with Gasteiger partial charge in [-0.05, 0) is 43.2 Å². The Balaban J connectivity index is 1.53. The summed E-state index contributed by atoms with van der Waals surface area (Å²) < 4.78 is 34.6. The van der Waals surface area contributed by atoms with E-state index in [0.717, 1.165) is 11.3 Å². The van der Waals surface area contributed by atoms with Crippen LogP contribution in [0.4, 0.5) is 5.69 Å². The summed E-state index contributed by atoms with van der Waals surface area (Å²) in [5.41, 5.74) is 0.598. The fourth-order valence-corrected chi connectivity index (χ4v) is 6.47. The number of fused-ring (bicyclic) bond motifs is 1. The number of carbonyl (C=O) groups is 1. The fraction of sp³-hybridized carbons (Fsp3) is 0.304. The third kappa shape index (κ3) is 4.97. The van der Waals surface area contributed by atoms with Gasteiger partial charge < -0.3 is 9.30 Å². The number of hydrogen-bond acceptors (Lipinski definition) is 7. The Morgan fingerprint density at radius 3 is 2.54 bits per heavy atom. The molecule has 10 nitrogen and oxygen atoms in total. The molecule has 0 spiro atoms. The molecule has 1 aliphatic rings. The molecule has 1 aromatic heterocycles. The smallest absolute Gasteiger partial charge is 0.270 e. The molecule has 1 amide bonds. The van der Waals surface area contributed by atoms with Crippen LogP contribution in [0.3, 0.4) is 0 Å². The second-order valence-corrected chi connectivity index (χ2v) is 10.8. The first-order chi connectivity index (χ1) is 16.7. The molecule has 1 fully saturated rings. The number of ether oxygens (including phenoxy) is 1. The van der Waals surface area contributed by atoms with Crippen LogP contribution in [0.5, 0.6) is 5.75 Å². The molecule has 0 radical (unpaired) electrons. The number of non-ortho nitro benzene ring substituents is 1. The number of nitrogens with zero attached hydrogens (tertiary/aromatic N) is 4. The molecule has 2 heterocycles. The fourth-order valence-electron chi connectivity index (χ4n) is 3.93. The molecule has 35 heavy (non-hydrogen) atoms. The predicted octanol–water partition coefficient (Wildman–Crippen LogP) is 2.78. The number of rotatable bonds is 6. The lowest BCUT2D eigenvalue weighted by Crippen LogP contribution is -2.40. The Kier molecular flexibility index (Phi) is 7.02. The lowest BCUT2D eigenvalue weighted by Gasteiger charge is -2.29. The molecule has 0 unspecified atom stereocenters. The zero-order valence-electron chi connectivity index (χ0n) is 18.8. The molecule has 182 valence electrons. The van der Waals surface area contributed by atoms with Gasteiger partial charge in [0, 0.05) is 31.1 Å². The van der Waals surface area contributed by atoms with Gasteiger partial charge in [-0.3, -0.25) is 14.9 Å². The topological polar surface area (TPSA) is 124 Å². The van der Waals surface area contributed by atoms with Gasteiger partial charge in [-0.2, -0.15) is 9.30 Å². The third-order valence-electron chi connectivity index (χ3n) is 5.83. The number of thiazole rings is 1. The van der Waals surface area contributed by atoms with E-state index >= 15 is 0 Å². The number of carbonyl (C=O) groups excluding carboxylic acids is 1. The molecular formula is C23H22N4O6S2. The highest BCUT2D eigenvalue weighted by molar-refractivity contribution is 7.89. The van der Waals surface area contributed by atoms with Crippen molar-refractivity contribution in [2.75, 3.05) is 20.2 Å². The number of nitro groups is 1. The molecule has 0 bridgehead atoms. The number of amides is 1. The van der Waals surface area contributed by atoms with Crippen molar-refractivity contribution in [2.45, 2.75) is 24.3 Å². The minimum Gasteiger partial charge on any atom is -0.497 e. The van der Waals surface area contributed by atoms with Gasteiger partial charge in [0.2, 0.25) is 10.0 Å². The van der Waals surface area contributed by atoms with E-state index in [4.69, 9.17) is 11.2 Å². The number of hydrogen-bond donors (Lipinski definition) is 0. The van der Waals surface area contributed by atoms with Crippen molar-refractivity contribution in [3.05, 3.63) is 57.4 Å². The maximum absolute atomic E-state index is 13.0. The zero-order chi connectivity index (χ0) is 25.2. The van der Waals surface area contributed by atoms with Crippen molar-refractivity contribution in [1.29, 1.82) is 0 Å². The molecular weight excluding hydrogens is 492 g/mol. The second-order valence-electron chi connectivity index (χ2n) is 7.89. The minimum absolute atomic E-state index is 0.0603. The first-order valence-corrected chi connectivity index (χ1v) is 12.9. The maximum atomic E-state index is 13.0. The summed E-state index contributed by atoms with van der Waals surface area (Å²) in [6.45, 7) is 0.551. The highest BCUT2D eigenvalue weighted by atomic mass is 32.2. The van der Waals surface area contributed by atoms with Gasteiger partial charge in [0.1, 0.15) is 5.75 Å². The van der Waals surface area contributed by atoms with Crippen LogP contribution in [-0.2, 0) is 21.4 Å². The van der Waals surface area contributed by atoms with Gasteiger partial charge in [-0.25, -0.2) is 8.42 Å². The van der Waals surface area contributed by atoms with E-state index < -0.39 is 20.9 Å². The number of nitro benzene ring substituents is 1. The van der Waals surface area contributed by atoms with Crippen LogP contribution in [0.25, 0.3) is 10.2 Å². The summed E-state index contributed by atoms with van der Waals surface area (Å²) >= 11 is 1.15. The largest absolute Gasteiger partial charge is 0.497 e. The van der Waals surface area contributed by atoms with Crippen molar-refractivity contribution in [1.82, 2.24) is 8.87 Å². The SMILES string of the molecule is C#CCn1c(=NC(=O)C2CCN(S(=O)(=O)c3ccc(OC)cc3)CC2)sc2cc([N+](=O)[O-])ccc21. The van der Waals surface area contributed by atoms with E-state index in [1.807, 2.05) is 0 Å². The van der Waals surface area contributed by atoms with Gasteiger partial charge >= 0.3 is 0 Å². The predicted molar refractivity (Wildman–Crippen MR) is 130 cm³/mol. The first kappa shape index (κ1) is 24.6. The molecule has 4 rings (SSSR count). The van der Waals surface area contributed by atoms with Crippen LogP contribution in [-0.4, -0.2) is 48.3 Å². The maximum Gasteiger partial charge on any atom is 0.270 e. The molecule has 3 aromatic rings. The average Bonchev–Trinajstić information content (AvgIpc) is 3.20. The number of aromatic nitrogens is 1. The van der Waals surface area contributed by atoms with Gasteiger partial charge in [0.05, 0.1) is 33.7 Å². The first-order valence-electron chi connectivity index (χ1n) is 10.7. The van der Waals surface area contributed by atoms with Gasteiger partial charge in [-0.1, -0.05) is 17.3 Å². The van der Waals surface area contributed by atoms with E-state index in [-0.39, 0.29) is 36.1 Å². The second kappa shape index (κ2) is 9.99. The van der Waals surface area contributed by atoms with Gasteiger partial charge in [0.25, 0.3) is 11.6 Å². The van der Waals surface area contributed by atoms with Crippen molar-refractivity contribution in [3.8, 4) is 18.1 Å². The number of sulfonamides is 1. The number of benzene rings is 2. The van der Waals surface area contributed by atoms with Crippen molar-refractivity contribution >= 4 is 43.2 Å². The van der Waals surface area contributed by atoms with Crippen LogP contribution < -0.4 is 9.54 Å². The van der Waals surface area contributed by atoms with Gasteiger partial charge in [-0.15, -0.1) is 6.42 Å². The van der Waals surface area contributed by atoms with Crippen molar-refractivity contribution in [2.24, 2.45) is 10.9 Å². The highest BCUT2D eigenvalue weighted by Crippen LogP contribution is 2.27. The number of methoxy groups -OCH3 is 1. The lowest BCUT2D eigenvalue weighted by molar-refractivity contribution is -0.384. The van der Waals surface area contributed by atoms with E-state index in [1.165, 1.54) is 35.7 Å². The highest BCUT2D eigenvalue weighted by Gasteiger charge is 2.32. The van der Waals surface area contributed by atoms with E-state index in [0.29, 0.717) is 33.6 Å². The van der Waals surface area contributed by atoms with Crippen LogP contribution >= 0.6 is 11.3 Å². The Labute approximate surface area is 205 Å². The van der Waals surface area contributed by atoms with Crippen LogP contribution in [0.15, 0.2) is 52.4 Å². The third-order valence-corrected chi connectivity index (χ3v) is 8.79. The summed E-state index contributed by atoms with van der Waals surface area (Å²) in [6, 6.07) is 10.6. The summed E-state index contributed by atoms with van der Waals surface area (Å²) in [4.78, 5) is 28.4. The van der Waals surface area contributed by atoms with E-state index in [9.17, 15) is 23.3 Å². The zero-order valence-corrected chi connectivity index (χ0v) is 20.4. The molecule has 2 aromatic carbocycles. The molecule has 0 aliphatic carbocycles. The number of terminal acetylenes is 1. The minimum atomic E-state index is -3.68. The normalized spacial score (nSPS) is 15.7. The van der Waals surface area contributed by atoms with Crippen LogP contribution in [0.1, 0.15) is 12.8 Å². The molecule has 0 atom stereocenters. The summed E-state index contributed by atoms with van der Waals surface area (Å²) in [5.74, 6) is 2.29. The Morgan fingerprint density at radius 2 is 1.94 bits per heavy atom. The van der Waals surface area contributed by atoms with Crippen LogP contribution in [0, 0.1) is 28.4 Å². The Hall–Kier alpha value is -3.53. The summed E-state index contributed by atoms with van der Waals surface area (Å²) in [5, 5.41) is 11.1. The number of piperidine rings is 1. The standard InChI is InChI=1S/C23H22N4O6S2/c1-3-12-26-20-9-4-17(27(29)30)15-21(20)34-23(26)24-22(28)16-10-13-25(14-11-16)35(31,32)19-7-5-18(33-2)6-8-19/h1,4-9,15-16H,10-14H2,2H3. The summed E-state index contributed by atoms with van der Waals surface area (Å²) in [7, 11) is -2.17. The molecule has 0 saturated carbocycles. The van der Waals surface area contributed by atoms with E-state index in [2.05, 4.69) is 10.9 Å². The summed E-state index contributed by atoms with van der Waals surface area (Å²) in [6.07, 6.45) is 6.15. The average molecular weight is 515 g/mol. The van der Waals surface area contributed by atoms with Crippen molar-refractivity contribution < 1.29 is 22.9 Å². The van der Waals surface area contributed by atoms with Crippen molar-refractivity contribution in [3.63, 3.8) is 0 Å².